The molecule has 0 aromatic heterocycles. The van der Waals surface area contributed by atoms with Gasteiger partial charge in [0.25, 0.3) is 0 Å². The molecule has 1 unspecified atom stereocenters. The molecule has 0 saturated carbocycles. The highest BCUT2D eigenvalue weighted by Gasteiger charge is 2.28. The van der Waals surface area contributed by atoms with Gasteiger partial charge in [-0.3, -0.25) is 4.57 Å². The van der Waals surface area contributed by atoms with Crippen molar-refractivity contribution in [2.45, 2.75) is 60.7 Å². The van der Waals surface area contributed by atoms with Crippen LogP contribution < -0.4 is 0 Å². The van der Waals surface area contributed by atoms with E-state index in [4.69, 9.17) is 18.5 Å². The maximum atomic E-state index is 12.9. The zero-order valence-electron chi connectivity index (χ0n) is 14.8. The molecule has 0 saturated heterocycles. The average Bonchev–Trinajstić information content (AvgIpc) is 2.45. The van der Waals surface area contributed by atoms with E-state index in [1.807, 2.05) is 27.7 Å². The van der Waals surface area contributed by atoms with Crippen molar-refractivity contribution >= 4 is 7.60 Å². The van der Waals surface area contributed by atoms with Gasteiger partial charge in [0.15, 0.2) is 6.29 Å². The summed E-state index contributed by atoms with van der Waals surface area (Å²) >= 11 is 0. The first kappa shape index (κ1) is 21.6. The highest BCUT2D eigenvalue weighted by atomic mass is 31.2. The molecule has 1 atom stereocenters. The fourth-order valence-corrected chi connectivity index (χ4v) is 3.74. The molecule has 0 aliphatic carbocycles. The van der Waals surface area contributed by atoms with E-state index in [0.29, 0.717) is 38.2 Å². The second-order valence-electron chi connectivity index (χ2n) is 4.77. The van der Waals surface area contributed by atoms with Crippen molar-refractivity contribution in [3.05, 3.63) is 16.6 Å². The first-order valence-electron chi connectivity index (χ1n) is 8.01. The molecule has 0 fully saturated rings. The third-order valence-electron chi connectivity index (χ3n) is 2.71. The van der Waals surface area contributed by atoms with Crippen molar-refractivity contribution in [1.29, 1.82) is 0 Å². The van der Waals surface area contributed by atoms with Gasteiger partial charge in [0.2, 0.25) is 0 Å². The maximum Gasteiger partial charge on any atom is 0.364 e. The summed E-state index contributed by atoms with van der Waals surface area (Å²) in [6.45, 7) is 12.9. The number of rotatable bonds is 12. The summed E-state index contributed by atoms with van der Waals surface area (Å²) in [5.41, 5.74) is 4.01. The zero-order chi connectivity index (χ0) is 17.0. The molecule has 0 heterocycles. The molecule has 0 aromatic carbocycles. The summed E-state index contributed by atoms with van der Waals surface area (Å²) < 4.78 is 34.5. The van der Waals surface area contributed by atoms with Gasteiger partial charge in [-0.1, -0.05) is 13.3 Å². The highest BCUT2D eigenvalue weighted by Crippen LogP contribution is 2.57. The topological polar surface area (TPSA) is 54.0 Å². The van der Waals surface area contributed by atoms with Gasteiger partial charge in [0.05, 0.1) is 25.1 Å². The molecule has 0 amide bonds. The molecular formula is C16H31O5P. The van der Waals surface area contributed by atoms with Crippen molar-refractivity contribution < 1.29 is 23.1 Å². The Hall–Kier alpha value is -0.410. The zero-order valence-corrected chi connectivity index (χ0v) is 15.7. The number of ether oxygens (including phenoxy) is 2. The van der Waals surface area contributed by atoms with E-state index in [9.17, 15) is 4.57 Å². The van der Waals surface area contributed by atoms with E-state index in [1.165, 1.54) is 0 Å². The van der Waals surface area contributed by atoms with Gasteiger partial charge in [-0.05, 0) is 46.6 Å². The molecule has 130 valence electrons. The van der Waals surface area contributed by atoms with Crippen molar-refractivity contribution in [3.8, 4) is 0 Å². The predicted octanol–water partition coefficient (Wildman–Crippen LogP) is 4.88. The summed E-state index contributed by atoms with van der Waals surface area (Å²) in [6.07, 6.45) is 1.19. The lowest BCUT2D eigenvalue weighted by molar-refractivity contribution is -0.120. The largest absolute Gasteiger partial charge is 0.364 e. The van der Waals surface area contributed by atoms with Gasteiger partial charge in [-0.15, -0.1) is 5.73 Å². The minimum Gasteiger partial charge on any atom is -0.353 e. The van der Waals surface area contributed by atoms with Crippen molar-refractivity contribution in [2.75, 3.05) is 26.4 Å². The first-order chi connectivity index (χ1) is 10.4. The SMILES string of the molecule is CCCC(=C=C(C)COC(C)OCC)P(=O)(OCC)OCC. The van der Waals surface area contributed by atoms with Crippen LogP contribution in [0.15, 0.2) is 16.6 Å². The predicted molar refractivity (Wildman–Crippen MR) is 89.0 cm³/mol. The molecule has 0 rings (SSSR count). The van der Waals surface area contributed by atoms with E-state index in [-0.39, 0.29) is 6.29 Å². The van der Waals surface area contributed by atoms with Gasteiger partial charge in [-0.25, -0.2) is 0 Å². The smallest absolute Gasteiger partial charge is 0.353 e. The second-order valence-corrected chi connectivity index (χ2v) is 6.82. The quantitative estimate of drug-likeness (QED) is 0.289. The van der Waals surface area contributed by atoms with Crippen LogP contribution in [0, 0.1) is 0 Å². The molecule has 0 spiro atoms. The first-order valence-corrected chi connectivity index (χ1v) is 9.55. The minimum absolute atomic E-state index is 0.276. The second kappa shape index (κ2) is 12.1. The van der Waals surface area contributed by atoms with Crippen molar-refractivity contribution in [1.82, 2.24) is 0 Å². The molecule has 0 bridgehead atoms. The van der Waals surface area contributed by atoms with Crippen LogP contribution in [0.3, 0.4) is 0 Å². The summed E-state index contributed by atoms with van der Waals surface area (Å²) in [5.74, 6) is 0. The van der Waals surface area contributed by atoms with Gasteiger partial charge in [0, 0.05) is 6.61 Å². The van der Waals surface area contributed by atoms with Crippen LogP contribution in [0.1, 0.15) is 54.4 Å². The summed E-state index contributed by atoms with van der Waals surface area (Å²) in [7, 11) is -3.26. The minimum atomic E-state index is -3.26. The van der Waals surface area contributed by atoms with E-state index >= 15 is 0 Å². The Morgan fingerprint density at radius 1 is 1.05 bits per heavy atom. The van der Waals surface area contributed by atoms with Crippen LogP contribution >= 0.6 is 7.60 Å². The molecule has 5 nitrogen and oxygen atoms in total. The fraction of sp³-hybridized carbons (Fsp3) is 0.812. The van der Waals surface area contributed by atoms with Crippen LogP contribution in [-0.2, 0) is 23.1 Å². The molecule has 0 aromatic rings. The van der Waals surface area contributed by atoms with E-state index in [2.05, 4.69) is 5.73 Å². The lowest BCUT2D eigenvalue weighted by atomic mass is 10.3. The van der Waals surface area contributed by atoms with Crippen LogP contribution in [0.2, 0.25) is 0 Å². The average molecular weight is 334 g/mol. The summed E-state index contributed by atoms with van der Waals surface area (Å²) in [6, 6.07) is 0. The maximum absolute atomic E-state index is 12.9. The Kier molecular flexibility index (Phi) is 11.8. The van der Waals surface area contributed by atoms with Gasteiger partial charge in [-0.2, -0.15) is 0 Å². The Labute approximate surface area is 135 Å². The third-order valence-corrected chi connectivity index (χ3v) is 4.90. The highest BCUT2D eigenvalue weighted by molar-refractivity contribution is 7.58. The Balaban J connectivity index is 5.23. The van der Waals surface area contributed by atoms with E-state index < -0.39 is 7.60 Å². The molecule has 6 heteroatoms. The van der Waals surface area contributed by atoms with Crippen molar-refractivity contribution in [3.63, 3.8) is 0 Å². The van der Waals surface area contributed by atoms with Gasteiger partial charge in [0.1, 0.15) is 0 Å². The Morgan fingerprint density at radius 2 is 1.64 bits per heavy atom. The van der Waals surface area contributed by atoms with E-state index in [0.717, 1.165) is 12.0 Å². The number of hydrogen-bond donors (Lipinski definition) is 0. The normalized spacial score (nSPS) is 12.8. The summed E-state index contributed by atoms with van der Waals surface area (Å²) in [4.78, 5) is 0. The van der Waals surface area contributed by atoms with Crippen molar-refractivity contribution in [2.24, 2.45) is 0 Å². The molecular weight excluding hydrogens is 303 g/mol. The number of hydrogen-bond acceptors (Lipinski definition) is 5. The Morgan fingerprint density at radius 3 is 2.09 bits per heavy atom. The monoisotopic (exact) mass is 334 g/mol. The third kappa shape index (κ3) is 8.28. The summed E-state index contributed by atoms with van der Waals surface area (Å²) in [5, 5.41) is 0.587. The lowest BCUT2D eigenvalue weighted by Gasteiger charge is -2.18. The molecule has 22 heavy (non-hydrogen) atoms. The van der Waals surface area contributed by atoms with Crippen LogP contribution in [0.4, 0.5) is 0 Å². The molecule has 0 N–H and O–H groups in total. The van der Waals surface area contributed by atoms with Crippen LogP contribution in [0.5, 0.6) is 0 Å². The lowest BCUT2D eigenvalue weighted by Crippen LogP contribution is -2.13. The van der Waals surface area contributed by atoms with E-state index in [1.54, 1.807) is 13.8 Å². The fourth-order valence-electron chi connectivity index (χ4n) is 1.85. The van der Waals surface area contributed by atoms with Crippen LogP contribution in [0.25, 0.3) is 0 Å². The van der Waals surface area contributed by atoms with Gasteiger partial charge >= 0.3 is 7.60 Å². The molecule has 0 aliphatic heterocycles. The standard InChI is InChI=1S/C16H31O5P/c1-7-11-16(22(17,20-9-3)21-10-4)12-14(5)13-19-15(6)18-8-2/h15H,7-11,13H2,1-6H3. The van der Waals surface area contributed by atoms with Crippen LogP contribution in [-0.4, -0.2) is 32.7 Å². The Bertz CT molecular complexity index is 403. The van der Waals surface area contributed by atoms with Gasteiger partial charge < -0.3 is 18.5 Å². The molecule has 0 radical (unpaired) electrons. The molecule has 0 aliphatic rings.